The lowest BCUT2D eigenvalue weighted by Gasteiger charge is -2.30. The fourth-order valence-corrected chi connectivity index (χ4v) is 2.16. The second-order valence-corrected chi connectivity index (χ2v) is 4.44. The molecule has 6 heteroatoms. The molecule has 0 bridgehead atoms. The standard InChI is InChI=1S/C12H17N3O3/c1-2-11(16)9-7-13-15(8-9)10-3-5-14(6-4-10)12(17)18/h2,7-8,10-11,16H,1,3-6H2,(H,17,18). The molecular weight excluding hydrogens is 234 g/mol. The van der Waals surface area contributed by atoms with Gasteiger partial charge >= 0.3 is 6.09 Å². The maximum Gasteiger partial charge on any atom is 0.407 e. The third kappa shape index (κ3) is 2.53. The summed E-state index contributed by atoms with van der Waals surface area (Å²) in [5.74, 6) is 0. The summed E-state index contributed by atoms with van der Waals surface area (Å²) in [6, 6.07) is 0.200. The van der Waals surface area contributed by atoms with Gasteiger partial charge in [-0.2, -0.15) is 5.10 Å². The van der Waals surface area contributed by atoms with Crippen LogP contribution in [0.4, 0.5) is 4.79 Å². The molecule has 98 valence electrons. The molecule has 1 aliphatic rings. The number of carbonyl (C=O) groups is 1. The lowest BCUT2D eigenvalue weighted by molar-refractivity contribution is 0.124. The average molecular weight is 251 g/mol. The molecule has 6 nitrogen and oxygen atoms in total. The fourth-order valence-electron chi connectivity index (χ4n) is 2.16. The van der Waals surface area contributed by atoms with Gasteiger partial charge in [0.2, 0.25) is 0 Å². The smallest absolute Gasteiger partial charge is 0.407 e. The van der Waals surface area contributed by atoms with E-state index >= 15 is 0 Å². The van der Waals surface area contributed by atoms with Crippen molar-refractivity contribution in [2.75, 3.05) is 13.1 Å². The summed E-state index contributed by atoms with van der Waals surface area (Å²) in [7, 11) is 0. The molecule has 1 amide bonds. The zero-order valence-corrected chi connectivity index (χ0v) is 10.1. The third-order valence-corrected chi connectivity index (χ3v) is 3.30. The minimum absolute atomic E-state index is 0.200. The number of likely N-dealkylation sites (tertiary alicyclic amines) is 1. The van der Waals surface area contributed by atoms with Crippen LogP contribution in [-0.4, -0.2) is 44.1 Å². The van der Waals surface area contributed by atoms with Gasteiger partial charge in [0.15, 0.2) is 0 Å². The summed E-state index contributed by atoms with van der Waals surface area (Å²) in [6.07, 6.45) is 4.81. The summed E-state index contributed by atoms with van der Waals surface area (Å²) in [5, 5.41) is 22.7. The highest BCUT2D eigenvalue weighted by molar-refractivity contribution is 5.64. The zero-order chi connectivity index (χ0) is 13.1. The molecule has 1 saturated heterocycles. The molecule has 1 aromatic rings. The van der Waals surface area contributed by atoms with E-state index in [4.69, 9.17) is 5.11 Å². The Morgan fingerprint density at radius 3 is 2.78 bits per heavy atom. The summed E-state index contributed by atoms with van der Waals surface area (Å²) in [5.41, 5.74) is 0.714. The van der Waals surface area contributed by atoms with E-state index in [0.717, 1.165) is 12.8 Å². The molecule has 1 fully saturated rings. The van der Waals surface area contributed by atoms with E-state index in [0.29, 0.717) is 18.7 Å². The van der Waals surface area contributed by atoms with E-state index < -0.39 is 12.2 Å². The number of hydrogen-bond donors (Lipinski definition) is 2. The molecule has 0 aliphatic carbocycles. The lowest BCUT2D eigenvalue weighted by Crippen LogP contribution is -2.38. The van der Waals surface area contributed by atoms with Crippen LogP contribution in [0.5, 0.6) is 0 Å². The van der Waals surface area contributed by atoms with Crippen molar-refractivity contribution in [3.8, 4) is 0 Å². The van der Waals surface area contributed by atoms with Crippen LogP contribution in [0.25, 0.3) is 0 Å². The Kier molecular flexibility index (Phi) is 3.66. The second kappa shape index (κ2) is 5.22. The molecule has 0 aromatic carbocycles. The highest BCUT2D eigenvalue weighted by Crippen LogP contribution is 2.23. The minimum atomic E-state index is -0.864. The van der Waals surface area contributed by atoms with Gasteiger partial charge in [0.1, 0.15) is 0 Å². The molecule has 0 saturated carbocycles. The van der Waals surface area contributed by atoms with Crippen molar-refractivity contribution in [2.24, 2.45) is 0 Å². The normalized spacial score (nSPS) is 18.6. The first-order valence-corrected chi connectivity index (χ1v) is 5.94. The van der Waals surface area contributed by atoms with Crippen LogP contribution in [0.2, 0.25) is 0 Å². The molecule has 0 radical (unpaired) electrons. The Morgan fingerprint density at radius 2 is 2.22 bits per heavy atom. The van der Waals surface area contributed by atoms with Crippen LogP contribution in [0.15, 0.2) is 25.0 Å². The molecule has 2 heterocycles. The summed E-state index contributed by atoms with van der Waals surface area (Å²) in [4.78, 5) is 12.2. The molecule has 2 N–H and O–H groups in total. The fraction of sp³-hybridized carbons (Fsp3) is 0.500. The average Bonchev–Trinajstić information content (AvgIpc) is 2.87. The van der Waals surface area contributed by atoms with Gasteiger partial charge in [-0.15, -0.1) is 6.58 Å². The predicted molar refractivity (Wildman–Crippen MR) is 65.3 cm³/mol. The van der Waals surface area contributed by atoms with E-state index in [1.165, 1.54) is 11.0 Å². The molecule has 1 atom stereocenters. The Bertz CT molecular complexity index is 436. The second-order valence-electron chi connectivity index (χ2n) is 4.44. The molecule has 0 spiro atoms. The molecular formula is C12H17N3O3. The van der Waals surface area contributed by atoms with Gasteiger partial charge in [0, 0.05) is 24.8 Å². The van der Waals surface area contributed by atoms with Crippen LogP contribution < -0.4 is 0 Å². The lowest BCUT2D eigenvalue weighted by atomic mass is 10.1. The number of aliphatic hydroxyl groups excluding tert-OH is 1. The Labute approximate surface area is 105 Å². The van der Waals surface area contributed by atoms with Crippen molar-refractivity contribution in [1.82, 2.24) is 14.7 Å². The third-order valence-electron chi connectivity index (χ3n) is 3.30. The van der Waals surface area contributed by atoms with E-state index in [2.05, 4.69) is 11.7 Å². The SMILES string of the molecule is C=CC(O)c1cnn(C2CCN(C(=O)O)CC2)c1. The monoisotopic (exact) mass is 251 g/mol. The van der Waals surface area contributed by atoms with E-state index in [1.54, 1.807) is 17.1 Å². The number of hydrogen-bond acceptors (Lipinski definition) is 3. The van der Waals surface area contributed by atoms with Gasteiger partial charge in [-0.1, -0.05) is 6.08 Å². The first-order chi connectivity index (χ1) is 8.61. The zero-order valence-electron chi connectivity index (χ0n) is 10.1. The number of carboxylic acid groups (broad SMARTS) is 1. The Hall–Kier alpha value is -1.82. The maximum absolute atomic E-state index is 10.8. The van der Waals surface area contributed by atoms with E-state index in [-0.39, 0.29) is 6.04 Å². The Balaban J connectivity index is 1.99. The van der Waals surface area contributed by atoms with Gasteiger partial charge in [-0.25, -0.2) is 4.79 Å². The Morgan fingerprint density at radius 1 is 1.56 bits per heavy atom. The van der Waals surface area contributed by atoms with Crippen LogP contribution in [0.3, 0.4) is 0 Å². The quantitative estimate of drug-likeness (QED) is 0.796. The topological polar surface area (TPSA) is 78.6 Å². The van der Waals surface area contributed by atoms with Crippen LogP contribution >= 0.6 is 0 Å². The number of aliphatic hydroxyl groups is 1. The maximum atomic E-state index is 10.8. The minimum Gasteiger partial charge on any atom is -0.465 e. The van der Waals surface area contributed by atoms with Gasteiger partial charge in [-0.05, 0) is 12.8 Å². The highest BCUT2D eigenvalue weighted by atomic mass is 16.4. The highest BCUT2D eigenvalue weighted by Gasteiger charge is 2.24. The molecule has 1 unspecified atom stereocenters. The molecule has 1 aliphatic heterocycles. The van der Waals surface area contributed by atoms with Crippen LogP contribution in [0.1, 0.15) is 30.6 Å². The van der Waals surface area contributed by atoms with Crippen molar-refractivity contribution < 1.29 is 15.0 Å². The number of piperidine rings is 1. The van der Waals surface area contributed by atoms with Crippen molar-refractivity contribution in [3.05, 3.63) is 30.6 Å². The van der Waals surface area contributed by atoms with Crippen LogP contribution in [0, 0.1) is 0 Å². The van der Waals surface area contributed by atoms with E-state index in [1.807, 2.05) is 0 Å². The summed E-state index contributed by atoms with van der Waals surface area (Å²) in [6.45, 7) is 4.58. The first kappa shape index (κ1) is 12.6. The molecule has 1 aromatic heterocycles. The number of nitrogens with zero attached hydrogens (tertiary/aromatic N) is 3. The number of rotatable bonds is 3. The predicted octanol–water partition coefficient (Wildman–Crippen LogP) is 1.42. The molecule has 18 heavy (non-hydrogen) atoms. The van der Waals surface area contributed by atoms with Gasteiger partial charge in [0.25, 0.3) is 0 Å². The van der Waals surface area contributed by atoms with Crippen molar-refractivity contribution in [3.63, 3.8) is 0 Å². The largest absolute Gasteiger partial charge is 0.465 e. The van der Waals surface area contributed by atoms with Gasteiger partial charge < -0.3 is 15.1 Å². The van der Waals surface area contributed by atoms with Gasteiger partial charge in [-0.3, -0.25) is 4.68 Å². The van der Waals surface area contributed by atoms with Gasteiger partial charge in [0.05, 0.1) is 18.3 Å². The summed E-state index contributed by atoms with van der Waals surface area (Å²) < 4.78 is 1.81. The van der Waals surface area contributed by atoms with Crippen molar-refractivity contribution in [1.29, 1.82) is 0 Å². The summed E-state index contributed by atoms with van der Waals surface area (Å²) >= 11 is 0. The van der Waals surface area contributed by atoms with E-state index in [9.17, 15) is 9.90 Å². The number of aromatic nitrogens is 2. The van der Waals surface area contributed by atoms with Crippen molar-refractivity contribution >= 4 is 6.09 Å². The first-order valence-electron chi connectivity index (χ1n) is 5.94. The number of amides is 1. The van der Waals surface area contributed by atoms with Crippen molar-refractivity contribution in [2.45, 2.75) is 25.0 Å². The van der Waals surface area contributed by atoms with Crippen LogP contribution in [-0.2, 0) is 0 Å². The molecule has 2 rings (SSSR count).